The number of non-ortho nitro benzene ring substituents is 1. The molecule has 0 aliphatic rings. The van der Waals surface area contributed by atoms with E-state index in [9.17, 15) is 10.1 Å². The first-order chi connectivity index (χ1) is 8.08. The minimum atomic E-state index is -0.405. The molecule has 2 rings (SSSR count). The summed E-state index contributed by atoms with van der Waals surface area (Å²) < 4.78 is 4.49. The van der Waals surface area contributed by atoms with Crippen molar-refractivity contribution in [2.45, 2.75) is 6.54 Å². The van der Waals surface area contributed by atoms with Crippen LogP contribution >= 0.6 is 12.2 Å². The summed E-state index contributed by atoms with van der Waals surface area (Å²) in [6, 6.07) is 6.49. The van der Waals surface area contributed by atoms with Gasteiger partial charge in [0.05, 0.1) is 4.92 Å². The molecule has 1 aromatic heterocycles. The van der Waals surface area contributed by atoms with E-state index in [0.29, 0.717) is 6.54 Å². The van der Waals surface area contributed by atoms with Gasteiger partial charge < -0.3 is 9.13 Å². The number of hydrogen-bond acceptors (Lipinski definition) is 3. The predicted molar refractivity (Wildman–Crippen MR) is 66.4 cm³/mol. The molecule has 0 aliphatic carbocycles. The third-order valence-electron chi connectivity index (χ3n) is 2.52. The molecule has 0 amide bonds. The highest BCUT2D eigenvalue weighted by Crippen LogP contribution is 2.13. The fourth-order valence-corrected chi connectivity index (χ4v) is 1.74. The van der Waals surface area contributed by atoms with Gasteiger partial charge in [-0.1, -0.05) is 12.1 Å². The zero-order chi connectivity index (χ0) is 12.4. The van der Waals surface area contributed by atoms with Gasteiger partial charge in [-0.05, 0) is 17.8 Å². The molecule has 0 bridgehead atoms. The van der Waals surface area contributed by atoms with Crippen molar-refractivity contribution in [1.82, 2.24) is 9.13 Å². The van der Waals surface area contributed by atoms with Crippen molar-refractivity contribution in [3.8, 4) is 0 Å². The van der Waals surface area contributed by atoms with E-state index >= 15 is 0 Å². The summed E-state index contributed by atoms with van der Waals surface area (Å²) in [5, 5.41) is 10.5. The van der Waals surface area contributed by atoms with Crippen LogP contribution in [0.25, 0.3) is 0 Å². The lowest BCUT2D eigenvalue weighted by Crippen LogP contribution is -2.00. The third kappa shape index (κ3) is 2.42. The van der Waals surface area contributed by atoms with Crippen molar-refractivity contribution in [3.63, 3.8) is 0 Å². The molecule has 0 fully saturated rings. The standard InChI is InChI=1S/C11H11N3O2S/c1-12-6-7-13(11(12)17)8-9-2-4-10(5-3-9)14(15)16/h2-7H,8H2,1H3. The molecule has 17 heavy (non-hydrogen) atoms. The number of aromatic nitrogens is 2. The van der Waals surface area contributed by atoms with Crippen LogP contribution in [-0.4, -0.2) is 14.1 Å². The van der Waals surface area contributed by atoms with E-state index in [1.807, 2.05) is 28.6 Å². The number of imidazole rings is 1. The van der Waals surface area contributed by atoms with E-state index in [1.165, 1.54) is 12.1 Å². The normalized spacial score (nSPS) is 10.4. The van der Waals surface area contributed by atoms with Gasteiger partial charge in [0.15, 0.2) is 4.77 Å². The Hall–Kier alpha value is -1.95. The fraction of sp³-hybridized carbons (Fsp3) is 0.182. The molecule has 0 N–H and O–H groups in total. The molecule has 6 heteroatoms. The number of hydrogen-bond donors (Lipinski definition) is 0. The highest BCUT2D eigenvalue weighted by atomic mass is 32.1. The quantitative estimate of drug-likeness (QED) is 0.477. The van der Waals surface area contributed by atoms with E-state index in [-0.39, 0.29) is 5.69 Å². The Morgan fingerprint density at radius 3 is 2.41 bits per heavy atom. The maximum Gasteiger partial charge on any atom is 0.269 e. The molecule has 5 nitrogen and oxygen atoms in total. The molecular weight excluding hydrogens is 238 g/mol. The summed E-state index contributed by atoms with van der Waals surface area (Å²) >= 11 is 5.21. The van der Waals surface area contributed by atoms with E-state index in [0.717, 1.165) is 10.3 Å². The number of rotatable bonds is 3. The second-order valence-corrected chi connectivity index (χ2v) is 4.11. The van der Waals surface area contributed by atoms with E-state index < -0.39 is 4.92 Å². The van der Waals surface area contributed by atoms with Crippen molar-refractivity contribution in [3.05, 3.63) is 57.1 Å². The summed E-state index contributed by atoms with van der Waals surface area (Å²) in [6.07, 6.45) is 3.78. The first-order valence-electron chi connectivity index (χ1n) is 5.03. The number of nitro groups is 1. The average Bonchev–Trinajstić information content (AvgIpc) is 2.62. The Balaban J connectivity index is 2.22. The van der Waals surface area contributed by atoms with E-state index in [4.69, 9.17) is 12.2 Å². The first kappa shape index (κ1) is 11.5. The number of nitro benzene ring substituents is 1. The predicted octanol–water partition coefficient (Wildman–Crippen LogP) is 2.51. The van der Waals surface area contributed by atoms with Crippen LogP contribution in [0.3, 0.4) is 0 Å². The van der Waals surface area contributed by atoms with Crippen LogP contribution in [0, 0.1) is 14.9 Å². The lowest BCUT2D eigenvalue weighted by atomic mass is 10.2. The lowest BCUT2D eigenvalue weighted by molar-refractivity contribution is -0.384. The Bertz CT molecular complexity index is 598. The molecule has 1 aromatic carbocycles. The molecule has 0 saturated carbocycles. The molecule has 0 spiro atoms. The van der Waals surface area contributed by atoms with Crippen LogP contribution in [0.15, 0.2) is 36.7 Å². The van der Waals surface area contributed by atoms with Gasteiger partial charge in [0.25, 0.3) is 5.69 Å². The van der Waals surface area contributed by atoms with Gasteiger partial charge in [0, 0.05) is 38.1 Å². The van der Waals surface area contributed by atoms with Crippen LogP contribution in [0.5, 0.6) is 0 Å². The van der Waals surface area contributed by atoms with Gasteiger partial charge in [-0.2, -0.15) is 0 Å². The van der Waals surface area contributed by atoms with Gasteiger partial charge in [-0.25, -0.2) is 0 Å². The molecule has 2 aromatic rings. The smallest absolute Gasteiger partial charge is 0.269 e. The lowest BCUT2D eigenvalue weighted by Gasteiger charge is -2.02. The van der Waals surface area contributed by atoms with Crippen molar-refractivity contribution in [1.29, 1.82) is 0 Å². The number of benzene rings is 1. The van der Waals surface area contributed by atoms with Crippen LogP contribution in [0.4, 0.5) is 5.69 Å². The maximum atomic E-state index is 10.5. The molecular formula is C11H11N3O2S. The molecule has 0 unspecified atom stereocenters. The summed E-state index contributed by atoms with van der Waals surface area (Å²) in [4.78, 5) is 10.1. The SMILES string of the molecule is Cn1ccn(Cc2ccc([N+](=O)[O-])cc2)c1=S. The zero-order valence-electron chi connectivity index (χ0n) is 9.24. The van der Waals surface area contributed by atoms with Crippen molar-refractivity contribution in [2.75, 3.05) is 0 Å². The maximum absolute atomic E-state index is 10.5. The minimum Gasteiger partial charge on any atom is -0.327 e. The molecule has 0 atom stereocenters. The van der Waals surface area contributed by atoms with Gasteiger partial charge in [-0.15, -0.1) is 0 Å². The third-order valence-corrected chi connectivity index (χ3v) is 3.04. The van der Waals surface area contributed by atoms with Gasteiger partial charge in [-0.3, -0.25) is 10.1 Å². The summed E-state index contributed by atoms with van der Waals surface area (Å²) in [5.41, 5.74) is 1.09. The zero-order valence-corrected chi connectivity index (χ0v) is 10.1. The van der Waals surface area contributed by atoms with Crippen LogP contribution < -0.4 is 0 Å². The number of aryl methyl sites for hydroxylation is 1. The van der Waals surface area contributed by atoms with Crippen molar-refractivity contribution in [2.24, 2.45) is 7.05 Å². The topological polar surface area (TPSA) is 53.0 Å². The Morgan fingerprint density at radius 1 is 1.29 bits per heavy atom. The molecule has 0 radical (unpaired) electrons. The van der Waals surface area contributed by atoms with Gasteiger partial charge in [0.2, 0.25) is 0 Å². The Morgan fingerprint density at radius 2 is 1.94 bits per heavy atom. The second-order valence-electron chi connectivity index (χ2n) is 3.74. The van der Waals surface area contributed by atoms with Gasteiger partial charge in [0.1, 0.15) is 0 Å². The highest BCUT2D eigenvalue weighted by molar-refractivity contribution is 7.71. The molecule has 0 saturated heterocycles. The fourth-order valence-electron chi connectivity index (χ4n) is 1.55. The van der Waals surface area contributed by atoms with Crippen LogP contribution in [0.1, 0.15) is 5.56 Å². The largest absolute Gasteiger partial charge is 0.327 e. The molecule has 1 heterocycles. The van der Waals surface area contributed by atoms with Gasteiger partial charge >= 0.3 is 0 Å². The van der Waals surface area contributed by atoms with Crippen molar-refractivity contribution >= 4 is 17.9 Å². The number of nitrogens with zero attached hydrogens (tertiary/aromatic N) is 3. The van der Waals surface area contributed by atoms with E-state index in [1.54, 1.807) is 12.1 Å². The van der Waals surface area contributed by atoms with Crippen LogP contribution in [-0.2, 0) is 13.6 Å². The minimum absolute atomic E-state index is 0.102. The molecule has 0 aliphatic heterocycles. The summed E-state index contributed by atoms with van der Waals surface area (Å²) in [6.45, 7) is 0.623. The first-order valence-corrected chi connectivity index (χ1v) is 5.44. The van der Waals surface area contributed by atoms with Crippen LogP contribution in [0.2, 0.25) is 0 Å². The van der Waals surface area contributed by atoms with Crippen molar-refractivity contribution < 1.29 is 4.92 Å². The molecule has 88 valence electrons. The second kappa shape index (κ2) is 4.50. The summed E-state index contributed by atoms with van der Waals surface area (Å²) in [5.74, 6) is 0. The van der Waals surface area contributed by atoms with E-state index in [2.05, 4.69) is 0 Å². The summed E-state index contributed by atoms with van der Waals surface area (Å²) in [7, 11) is 1.88. The average molecular weight is 249 g/mol. The monoisotopic (exact) mass is 249 g/mol. The Labute approximate surface area is 103 Å². The highest BCUT2D eigenvalue weighted by Gasteiger charge is 2.04. The Kier molecular flexibility index (Phi) is 3.06.